The standard InChI is InChI=1S/C17H21BrN4/c1-3-15-10-16(21-17(20-15)19-4-2)22-8-7-12-9-14(18)6-5-13(12)11-22/h5-6,9-10H,3-4,7-8,11H2,1-2H3,(H,19,20,21). The topological polar surface area (TPSA) is 41.1 Å². The van der Waals surface area contributed by atoms with Gasteiger partial charge in [0.25, 0.3) is 0 Å². The molecule has 0 saturated carbocycles. The van der Waals surface area contributed by atoms with Gasteiger partial charge in [0, 0.05) is 35.9 Å². The molecule has 0 bridgehead atoms. The molecule has 0 amide bonds. The Kier molecular flexibility index (Phi) is 4.62. The van der Waals surface area contributed by atoms with Crippen molar-refractivity contribution in [1.82, 2.24) is 9.97 Å². The van der Waals surface area contributed by atoms with Gasteiger partial charge in [0.1, 0.15) is 5.82 Å². The first kappa shape index (κ1) is 15.3. The van der Waals surface area contributed by atoms with Gasteiger partial charge in [0.15, 0.2) is 0 Å². The quantitative estimate of drug-likeness (QED) is 0.900. The van der Waals surface area contributed by atoms with Crippen LogP contribution in [-0.2, 0) is 19.4 Å². The lowest BCUT2D eigenvalue weighted by Crippen LogP contribution is -2.31. The molecule has 5 heteroatoms. The van der Waals surface area contributed by atoms with E-state index in [0.29, 0.717) is 0 Å². The van der Waals surface area contributed by atoms with E-state index in [1.54, 1.807) is 0 Å². The minimum absolute atomic E-state index is 0.735. The molecule has 0 saturated heterocycles. The van der Waals surface area contributed by atoms with E-state index in [-0.39, 0.29) is 0 Å². The maximum atomic E-state index is 4.68. The molecule has 116 valence electrons. The second-order valence-corrected chi connectivity index (χ2v) is 6.43. The number of hydrogen-bond donors (Lipinski definition) is 1. The molecular formula is C17H21BrN4. The zero-order valence-electron chi connectivity index (χ0n) is 13.1. The number of aromatic nitrogens is 2. The van der Waals surface area contributed by atoms with Gasteiger partial charge in [-0.1, -0.05) is 28.9 Å². The number of nitrogens with zero attached hydrogens (tertiary/aromatic N) is 3. The average Bonchev–Trinajstić information content (AvgIpc) is 2.54. The summed E-state index contributed by atoms with van der Waals surface area (Å²) in [5, 5.41) is 3.23. The molecule has 4 nitrogen and oxygen atoms in total. The van der Waals surface area contributed by atoms with E-state index in [2.05, 4.69) is 74.2 Å². The van der Waals surface area contributed by atoms with Crippen LogP contribution in [-0.4, -0.2) is 23.1 Å². The average molecular weight is 361 g/mol. The summed E-state index contributed by atoms with van der Waals surface area (Å²) in [4.78, 5) is 11.6. The van der Waals surface area contributed by atoms with Crippen LogP contribution < -0.4 is 10.2 Å². The molecule has 1 N–H and O–H groups in total. The third-order valence-electron chi connectivity index (χ3n) is 3.97. The van der Waals surface area contributed by atoms with Crippen molar-refractivity contribution in [2.45, 2.75) is 33.2 Å². The zero-order chi connectivity index (χ0) is 15.5. The second kappa shape index (κ2) is 6.65. The highest BCUT2D eigenvalue weighted by atomic mass is 79.9. The molecule has 22 heavy (non-hydrogen) atoms. The summed E-state index contributed by atoms with van der Waals surface area (Å²) in [6.07, 6.45) is 1.97. The van der Waals surface area contributed by atoms with E-state index in [4.69, 9.17) is 0 Å². The lowest BCUT2D eigenvalue weighted by Gasteiger charge is -2.30. The number of fused-ring (bicyclic) bond motifs is 1. The lowest BCUT2D eigenvalue weighted by atomic mass is 10.00. The molecule has 1 aliphatic rings. The number of benzene rings is 1. The summed E-state index contributed by atoms with van der Waals surface area (Å²) in [7, 11) is 0. The fourth-order valence-electron chi connectivity index (χ4n) is 2.78. The van der Waals surface area contributed by atoms with Crippen LogP contribution in [0.4, 0.5) is 11.8 Å². The Hall–Kier alpha value is -1.62. The SMILES string of the molecule is CCNc1nc(CC)cc(N2CCc3cc(Br)ccc3C2)n1. The normalized spacial score (nSPS) is 13.9. The van der Waals surface area contributed by atoms with Crippen LogP contribution in [0, 0.1) is 0 Å². The van der Waals surface area contributed by atoms with Gasteiger partial charge in [-0.2, -0.15) is 4.98 Å². The summed E-state index contributed by atoms with van der Waals surface area (Å²) in [5.74, 6) is 1.76. The Morgan fingerprint density at radius 3 is 2.82 bits per heavy atom. The van der Waals surface area contributed by atoms with Gasteiger partial charge < -0.3 is 10.2 Å². The smallest absolute Gasteiger partial charge is 0.224 e. The van der Waals surface area contributed by atoms with Crippen LogP contribution >= 0.6 is 15.9 Å². The third kappa shape index (κ3) is 3.24. The minimum Gasteiger partial charge on any atom is -0.354 e. The Morgan fingerprint density at radius 1 is 1.18 bits per heavy atom. The van der Waals surface area contributed by atoms with Crippen molar-refractivity contribution in [2.75, 3.05) is 23.3 Å². The van der Waals surface area contributed by atoms with Gasteiger partial charge in [-0.15, -0.1) is 0 Å². The summed E-state index contributed by atoms with van der Waals surface area (Å²) in [5.41, 5.74) is 3.90. The summed E-state index contributed by atoms with van der Waals surface area (Å²) in [6, 6.07) is 8.67. The number of aryl methyl sites for hydroxylation is 1. The minimum atomic E-state index is 0.735. The monoisotopic (exact) mass is 360 g/mol. The van der Waals surface area contributed by atoms with E-state index in [1.807, 2.05) is 0 Å². The van der Waals surface area contributed by atoms with E-state index in [1.165, 1.54) is 11.1 Å². The van der Waals surface area contributed by atoms with Crippen LogP contribution in [0.5, 0.6) is 0 Å². The maximum absolute atomic E-state index is 4.68. The van der Waals surface area contributed by atoms with Crippen molar-refractivity contribution >= 4 is 27.7 Å². The van der Waals surface area contributed by atoms with Gasteiger partial charge in [-0.25, -0.2) is 4.98 Å². The molecule has 2 heterocycles. The van der Waals surface area contributed by atoms with Gasteiger partial charge in [-0.3, -0.25) is 0 Å². The Morgan fingerprint density at radius 2 is 2.05 bits per heavy atom. The van der Waals surface area contributed by atoms with Crippen molar-refractivity contribution in [2.24, 2.45) is 0 Å². The summed E-state index contributed by atoms with van der Waals surface area (Å²) < 4.78 is 1.16. The fraction of sp³-hybridized carbons (Fsp3) is 0.412. The summed E-state index contributed by atoms with van der Waals surface area (Å²) in [6.45, 7) is 6.94. The van der Waals surface area contributed by atoms with Crippen LogP contribution in [0.25, 0.3) is 0 Å². The number of anilines is 2. The van der Waals surface area contributed by atoms with Crippen molar-refractivity contribution in [1.29, 1.82) is 0 Å². The molecule has 0 atom stereocenters. The van der Waals surface area contributed by atoms with Crippen LogP contribution in [0.1, 0.15) is 30.7 Å². The van der Waals surface area contributed by atoms with Crippen molar-refractivity contribution < 1.29 is 0 Å². The third-order valence-corrected chi connectivity index (χ3v) is 4.46. The Balaban J connectivity index is 1.88. The molecule has 2 aromatic rings. The van der Waals surface area contributed by atoms with E-state index >= 15 is 0 Å². The van der Waals surface area contributed by atoms with Gasteiger partial charge in [-0.05, 0) is 43.0 Å². The highest BCUT2D eigenvalue weighted by molar-refractivity contribution is 9.10. The van der Waals surface area contributed by atoms with Crippen LogP contribution in [0.15, 0.2) is 28.7 Å². The summed E-state index contributed by atoms with van der Waals surface area (Å²) >= 11 is 3.55. The number of halogens is 1. The Labute approximate surface area is 140 Å². The van der Waals surface area contributed by atoms with Gasteiger partial charge in [0.05, 0.1) is 0 Å². The van der Waals surface area contributed by atoms with Gasteiger partial charge in [0.2, 0.25) is 5.95 Å². The molecule has 0 unspecified atom stereocenters. The fourth-order valence-corrected chi connectivity index (χ4v) is 3.19. The molecule has 1 aromatic heterocycles. The van der Waals surface area contributed by atoms with Crippen molar-refractivity contribution in [3.8, 4) is 0 Å². The van der Waals surface area contributed by atoms with E-state index in [9.17, 15) is 0 Å². The van der Waals surface area contributed by atoms with Crippen LogP contribution in [0.3, 0.4) is 0 Å². The molecule has 0 spiro atoms. The first-order valence-electron chi connectivity index (χ1n) is 7.83. The predicted octanol–water partition coefficient (Wildman–Crippen LogP) is 3.80. The largest absolute Gasteiger partial charge is 0.354 e. The number of rotatable bonds is 4. The molecule has 1 aliphatic heterocycles. The molecule has 0 aliphatic carbocycles. The second-order valence-electron chi connectivity index (χ2n) is 5.51. The highest BCUT2D eigenvalue weighted by Crippen LogP contribution is 2.26. The Bertz CT molecular complexity index is 672. The first-order valence-corrected chi connectivity index (χ1v) is 8.63. The van der Waals surface area contributed by atoms with Gasteiger partial charge >= 0.3 is 0 Å². The zero-order valence-corrected chi connectivity index (χ0v) is 14.7. The highest BCUT2D eigenvalue weighted by Gasteiger charge is 2.18. The molecule has 0 radical (unpaired) electrons. The van der Waals surface area contributed by atoms with Crippen molar-refractivity contribution in [3.63, 3.8) is 0 Å². The molecule has 0 fully saturated rings. The van der Waals surface area contributed by atoms with Crippen LogP contribution in [0.2, 0.25) is 0 Å². The van der Waals surface area contributed by atoms with E-state index < -0.39 is 0 Å². The van der Waals surface area contributed by atoms with E-state index in [0.717, 1.165) is 54.4 Å². The maximum Gasteiger partial charge on any atom is 0.224 e. The molecule has 1 aromatic carbocycles. The first-order chi connectivity index (χ1) is 10.7. The molecule has 3 rings (SSSR count). The molecular weight excluding hydrogens is 340 g/mol. The number of nitrogens with one attached hydrogen (secondary N) is 1. The van der Waals surface area contributed by atoms with Crippen molar-refractivity contribution in [3.05, 3.63) is 45.6 Å². The number of hydrogen-bond acceptors (Lipinski definition) is 4. The predicted molar refractivity (Wildman–Crippen MR) is 94.5 cm³/mol. The lowest BCUT2D eigenvalue weighted by molar-refractivity contribution is 0.717.